The fourth-order valence-electron chi connectivity index (χ4n) is 1.81. The number of hydrogen-bond donors (Lipinski definition) is 1. The van der Waals surface area contributed by atoms with Crippen LogP contribution < -0.4 is 4.90 Å². The van der Waals surface area contributed by atoms with E-state index in [2.05, 4.69) is 22.6 Å². The Kier molecular flexibility index (Phi) is 3.58. The molecule has 1 aromatic rings. The van der Waals surface area contributed by atoms with Crippen molar-refractivity contribution in [2.75, 3.05) is 11.4 Å². The molecular weight excluding hydrogens is 356 g/mol. The van der Waals surface area contributed by atoms with Crippen LogP contribution in [0.25, 0.3) is 0 Å². The van der Waals surface area contributed by atoms with Crippen LogP contribution in [0.3, 0.4) is 0 Å². The first-order valence-corrected chi connectivity index (χ1v) is 6.48. The van der Waals surface area contributed by atoms with Crippen molar-refractivity contribution < 1.29 is 14.7 Å². The average Bonchev–Trinajstić information content (AvgIpc) is 2.57. The first-order valence-electron chi connectivity index (χ1n) is 4.96. The highest BCUT2D eigenvalue weighted by molar-refractivity contribution is 14.1. The Bertz CT molecular complexity index is 492. The number of carbonyl (C=O) groups excluding carboxylic acids is 1. The molecule has 0 spiro atoms. The van der Waals surface area contributed by atoms with Gasteiger partial charge in [0.15, 0.2) is 0 Å². The molecular formula is C11H9ClINO3. The Morgan fingerprint density at radius 2 is 2.24 bits per heavy atom. The fourth-order valence-corrected chi connectivity index (χ4v) is 2.55. The number of amides is 1. The highest BCUT2D eigenvalue weighted by atomic mass is 127. The summed E-state index contributed by atoms with van der Waals surface area (Å²) in [5, 5.41) is 8.85. The van der Waals surface area contributed by atoms with Gasteiger partial charge in [-0.3, -0.25) is 4.79 Å². The summed E-state index contributed by atoms with van der Waals surface area (Å²) in [5.41, 5.74) is 0.557. The third-order valence-electron chi connectivity index (χ3n) is 2.56. The van der Waals surface area contributed by atoms with Crippen LogP contribution in [-0.2, 0) is 4.79 Å². The summed E-state index contributed by atoms with van der Waals surface area (Å²) in [6.07, 6.45) is 0.256. The topological polar surface area (TPSA) is 57.6 Å². The molecule has 0 saturated carbocycles. The summed E-state index contributed by atoms with van der Waals surface area (Å²) < 4.78 is 0.883. The maximum absolute atomic E-state index is 11.7. The molecule has 1 aromatic carbocycles. The normalized spacial score (nSPS) is 19.8. The van der Waals surface area contributed by atoms with E-state index in [9.17, 15) is 9.59 Å². The Hall–Kier alpha value is -0.820. The van der Waals surface area contributed by atoms with Crippen molar-refractivity contribution >= 4 is 51.8 Å². The second kappa shape index (κ2) is 4.81. The van der Waals surface area contributed by atoms with Gasteiger partial charge in [0.1, 0.15) is 0 Å². The number of nitrogens with zero attached hydrogens (tertiary/aromatic N) is 1. The van der Waals surface area contributed by atoms with Crippen LogP contribution >= 0.6 is 34.2 Å². The number of carbonyl (C=O) groups is 2. The second-order valence-corrected chi connectivity index (χ2v) is 5.64. The highest BCUT2D eigenvalue weighted by Gasteiger charge is 2.31. The summed E-state index contributed by atoms with van der Waals surface area (Å²) >= 11 is 7.99. The first kappa shape index (κ1) is 12.6. The molecule has 2 rings (SSSR count). The minimum absolute atomic E-state index is 0.129. The van der Waals surface area contributed by atoms with Crippen LogP contribution in [0, 0.1) is 3.57 Å². The lowest BCUT2D eigenvalue weighted by atomic mass is 10.1. The zero-order valence-electron chi connectivity index (χ0n) is 8.69. The molecule has 0 bridgehead atoms. The molecule has 90 valence electrons. The van der Waals surface area contributed by atoms with E-state index in [1.165, 1.54) is 11.0 Å². The predicted molar refractivity (Wildman–Crippen MR) is 72.7 cm³/mol. The summed E-state index contributed by atoms with van der Waals surface area (Å²) in [4.78, 5) is 24.3. The van der Waals surface area contributed by atoms with Gasteiger partial charge in [-0.15, -0.1) is 11.6 Å². The van der Waals surface area contributed by atoms with Gasteiger partial charge in [0.2, 0.25) is 5.91 Å². The number of hydrogen-bond acceptors (Lipinski definition) is 2. The molecule has 0 aliphatic carbocycles. The van der Waals surface area contributed by atoms with Crippen LogP contribution in [0.15, 0.2) is 18.2 Å². The van der Waals surface area contributed by atoms with E-state index in [4.69, 9.17) is 16.7 Å². The average molecular weight is 366 g/mol. The van der Waals surface area contributed by atoms with Crippen molar-refractivity contribution in [1.82, 2.24) is 0 Å². The van der Waals surface area contributed by atoms with Crippen LogP contribution in [0.2, 0.25) is 0 Å². The van der Waals surface area contributed by atoms with E-state index in [0.717, 1.165) is 3.57 Å². The first-order chi connectivity index (χ1) is 7.99. The van der Waals surface area contributed by atoms with Crippen molar-refractivity contribution in [3.8, 4) is 0 Å². The van der Waals surface area contributed by atoms with E-state index >= 15 is 0 Å². The third-order valence-corrected chi connectivity index (χ3v) is 3.52. The van der Waals surface area contributed by atoms with E-state index in [0.29, 0.717) is 12.2 Å². The zero-order valence-corrected chi connectivity index (χ0v) is 11.6. The van der Waals surface area contributed by atoms with Crippen molar-refractivity contribution in [2.45, 2.75) is 11.8 Å². The molecule has 1 atom stereocenters. The summed E-state index contributed by atoms with van der Waals surface area (Å²) in [5.74, 6) is -1.17. The van der Waals surface area contributed by atoms with Gasteiger partial charge in [-0.05, 0) is 40.8 Å². The standard InChI is InChI=1S/C11H9ClINO3/c12-6-3-10(15)14(5-6)9-4-7(13)1-2-8(9)11(16)17/h1-2,4,6H,3,5H2,(H,16,17). The third kappa shape index (κ3) is 2.55. The molecule has 1 fully saturated rings. The Labute approximate surface area is 117 Å². The maximum atomic E-state index is 11.7. The van der Waals surface area contributed by atoms with Gasteiger partial charge in [0, 0.05) is 16.5 Å². The molecule has 4 nitrogen and oxygen atoms in total. The molecule has 1 unspecified atom stereocenters. The quantitative estimate of drug-likeness (QED) is 0.646. The monoisotopic (exact) mass is 365 g/mol. The Morgan fingerprint density at radius 1 is 1.53 bits per heavy atom. The maximum Gasteiger partial charge on any atom is 0.337 e. The Morgan fingerprint density at radius 3 is 2.76 bits per heavy atom. The second-order valence-electron chi connectivity index (χ2n) is 3.77. The van der Waals surface area contributed by atoms with Gasteiger partial charge in [-0.25, -0.2) is 4.79 Å². The molecule has 0 radical (unpaired) electrons. The Balaban J connectivity index is 2.46. The van der Waals surface area contributed by atoms with Gasteiger partial charge in [-0.1, -0.05) is 0 Å². The number of anilines is 1. The molecule has 1 aliphatic rings. The lowest BCUT2D eigenvalue weighted by molar-refractivity contribution is -0.117. The fraction of sp³-hybridized carbons (Fsp3) is 0.273. The van der Waals surface area contributed by atoms with Gasteiger partial charge in [0.25, 0.3) is 0 Å². The van der Waals surface area contributed by atoms with Gasteiger partial charge in [0.05, 0.1) is 16.6 Å². The van der Waals surface area contributed by atoms with Crippen LogP contribution in [0.5, 0.6) is 0 Å². The molecule has 0 aromatic heterocycles. The van der Waals surface area contributed by atoms with E-state index in [-0.39, 0.29) is 23.3 Å². The minimum Gasteiger partial charge on any atom is -0.478 e. The minimum atomic E-state index is -1.04. The molecule has 6 heteroatoms. The number of halogens is 2. The molecule has 1 N–H and O–H groups in total. The number of benzene rings is 1. The molecule has 1 saturated heterocycles. The van der Waals surface area contributed by atoms with Crippen LogP contribution in [-0.4, -0.2) is 28.9 Å². The van der Waals surface area contributed by atoms with Crippen LogP contribution in [0.1, 0.15) is 16.8 Å². The molecule has 1 heterocycles. The number of alkyl halides is 1. The zero-order chi connectivity index (χ0) is 12.6. The van der Waals surface area contributed by atoms with E-state index in [1.807, 2.05) is 0 Å². The summed E-state index contributed by atoms with van der Waals surface area (Å²) in [6, 6.07) is 4.90. The van der Waals surface area contributed by atoms with Gasteiger partial charge < -0.3 is 10.0 Å². The number of aromatic carboxylic acids is 1. The summed E-state index contributed by atoms with van der Waals surface area (Å²) in [6.45, 7) is 0.362. The van der Waals surface area contributed by atoms with E-state index in [1.54, 1.807) is 12.1 Å². The number of rotatable bonds is 2. The largest absolute Gasteiger partial charge is 0.478 e. The van der Waals surface area contributed by atoms with Crippen molar-refractivity contribution in [3.63, 3.8) is 0 Å². The van der Waals surface area contributed by atoms with Gasteiger partial charge >= 0.3 is 5.97 Å². The van der Waals surface area contributed by atoms with Crippen molar-refractivity contribution in [1.29, 1.82) is 0 Å². The van der Waals surface area contributed by atoms with Crippen molar-refractivity contribution in [3.05, 3.63) is 27.3 Å². The lowest BCUT2D eigenvalue weighted by Gasteiger charge is -2.18. The van der Waals surface area contributed by atoms with E-state index < -0.39 is 5.97 Å². The molecule has 1 amide bonds. The summed E-state index contributed by atoms with van der Waals surface area (Å²) in [7, 11) is 0. The number of carboxylic acid groups (broad SMARTS) is 1. The highest BCUT2D eigenvalue weighted by Crippen LogP contribution is 2.29. The SMILES string of the molecule is O=C(O)c1ccc(I)cc1N1CC(Cl)CC1=O. The van der Waals surface area contributed by atoms with Crippen LogP contribution in [0.4, 0.5) is 5.69 Å². The molecule has 17 heavy (non-hydrogen) atoms. The van der Waals surface area contributed by atoms with Gasteiger partial charge in [-0.2, -0.15) is 0 Å². The predicted octanol–water partition coefficient (Wildman–Crippen LogP) is 2.33. The lowest BCUT2D eigenvalue weighted by Crippen LogP contribution is -2.26. The van der Waals surface area contributed by atoms with Crippen molar-refractivity contribution in [2.24, 2.45) is 0 Å². The smallest absolute Gasteiger partial charge is 0.337 e. The molecule has 1 aliphatic heterocycles. The number of carboxylic acids is 1.